The van der Waals surface area contributed by atoms with Gasteiger partial charge in [0.05, 0.1) is 0 Å². The minimum Gasteiger partial charge on any atom is -0.307 e. The van der Waals surface area contributed by atoms with Crippen LogP contribution in [0.5, 0.6) is 0 Å². The summed E-state index contributed by atoms with van der Waals surface area (Å²) in [5, 5.41) is 3.68. The van der Waals surface area contributed by atoms with Crippen LogP contribution in [-0.2, 0) is 0 Å². The highest BCUT2D eigenvalue weighted by Crippen LogP contribution is 2.36. The van der Waals surface area contributed by atoms with E-state index < -0.39 is 0 Å². The van der Waals surface area contributed by atoms with Crippen LogP contribution in [0.25, 0.3) is 0 Å². The molecule has 0 spiro atoms. The van der Waals surface area contributed by atoms with E-state index in [0.29, 0.717) is 6.04 Å². The Bertz CT molecular complexity index is 297. The summed E-state index contributed by atoms with van der Waals surface area (Å²) in [6, 6.07) is 5.40. The summed E-state index contributed by atoms with van der Waals surface area (Å²) in [5.41, 5.74) is 1.34. The van der Waals surface area contributed by atoms with Gasteiger partial charge < -0.3 is 5.32 Å². The second-order valence-corrected chi connectivity index (χ2v) is 4.56. The molecular formula is C13H20N2. The van der Waals surface area contributed by atoms with Gasteiger partial charge in [0.1, 0.15) is 0 Å². The SMILES string of the molecule is CCCC1CC1NC(C)c1ccncc1. The summed E-state index contributed by atoms with van der Waals surface area (Å²) in [7, 11) is 0. The van der Waals surface area contributed by atoms with Crippen LogP contribution in [0.3, 0.4) is 0 Å². The predicted octanol–water partition coefficient (Wildman–Crippen LogP) is 2.92. The third kappa shape index (κ3) is 2.78. The molecule has 1 aromatic heterocycles. The van der Waals surface area contributed by atoms with Gasteiger partial charge in [0, 0.05) is 24.5 Å². The van der Waals surface area contributed by atoms with Crippen molar-refractivity contribution in [1.29, 1.82) is 0 Å². The van der Waals surface area contributed by atoms with Crippen molar-refractivity contribution in [1.82, 2.24) is 10.3 Å². The molecule has 0 radical (unpaired) electrons. The molecule has 0 aromatic carbocycles. The Morgan fingerprint density at radius 3 is 2.87 bits per heavy atom. The Balaban J connectivity index is 1.81. The maximum Gasteiger partial charge on any atom is 0.0295 e. The first-order chi connectivity index (χ1) is 7.31. The van der Waals surface area contributed by atoms with Crippen molar-refractivity contribution in [2.75, 3.05) is 0 Å². The molecule has 1 aromatic rings. The van der Waals surface area contributed by atoms with E-state index >= 15 is 0 Å². The molecule has 2 heteroatoms. The first-order valence-electron chi connectivity index (χ1n) is 5.97. The largest absolute Gasteiger partial charge is 0.307 e. The molecule has 0 amide bonds. The van der Waals surface area contributed by atoms with Crippen molar-refractivity contribution >= 4 is 0 Å². The lowest BCUT2D eigenvalue weighted by atomic mass is 10.1. The first-order valence-corrected chi connectivity index (χ1v) is 5.97. The zero-order valence-corrected chi connectivity index (χ0v) is 9.61. The highest BCUT2D eigenvalue weighted by atomic mass is 15.0. The van der Waals surface area contributed by atoms with Gasteiger partial charge in [0.15, 0.2) is 0 Å². The number of aromatic nitrogens is 1. The van der Waals surface area contributed by atoms with Gasteiger partial charge in [0.25, 0.3) is 0 Å². The maximum absolute atomic E-state index is 4.04. The van der Waals surface area contributed by atoms with E-state index in [4.69, 9.17) is 0 Å². The van der Waals surface area contributed by atoms with Crippen LogP contribution in [-0.4, -0.2) is 11.0 Å². The van der Waals surface area contributed by atoms with Crippen molar-refractivity contribution in [3.05, 3.63) is 30.1 Å². The summed E-state index contributed by atoms with van der Waals surface area (Å²) in [4.78, 5) is 4.04. The number of nitrogens with one attached hydrogen (secondary N) is 1. The minimum absolute atomic E-state index is 0.458. The third-order valence-electron chi connectivity index (χ3n) is 3.25. The zero-order chi connectivity index (χ0) is 10.7. The number of rotatable bonds is 5. The molecule has 82 valence electrons. The Morgan fingerprint density at radius 2 is 2.20 bits per heavy atom. The molecule has 1 heterocycles. The summed E-state index contributed by atoms with van der Waals surface area (Å²) < 4.78 is 0. The molecule has 3 unspecified atom stereocenters. The van der Waals surface area contributed by atoms with Gasteiger partial charge >= 0.3 is 0 Å². The highest BCUT2D eigenvalue weighted by Gasteiger charge is 2.36. The molecule has 1 aliphatic carbocycles. The molecule has 3 atom stereocenters. The zero-order valence-electron chi connectivity index (χ0n) is 9.61. The van der Waals surface area contributed by atoms with E-state index in [1.807, 2.05) is 12.4 Å². The Morgan fingerprint density at radius 1 is 1.47 bits per heavy atom. The molecule has 1 saturated carbocycles. The van der Waals surface area contributed by atoms with Gasteiger partial charge in [-0.1, -0.05) is 13.3 Å². The second kappa shape index (κ2) is 4.75. The average Bonchev–Trinajstić information content (AvgIpc) is 2.98. The molecule has 0 saturated heterocycles. The Labute approximate surface area is 92.1 Å². The monoisotopic (exact) mass is 204 g/mol. The smallest absolute Gasteiger partial charge is 0.0295 e. The molecule has 0 bridgehead atoms. The fourth-order valence-electron chi connectivity index (χ4n) is 2.21. The number of pyridine rings is 1. The molecule has 2 rings (SSSR count). The Kier molecular flexibility index (Phi) is 3.37. The summed E-state index contributed by atoms with van der Waals surface area (Å²) in [6.07, 6.45) is 7.78. The first kappa shape index (κ1) is 10.6. The second-order valence-electron chi connectivity index (χ2n) is 4.56. The molecule has 1 aliphatic rings. The summed E-state index contributed by atoms with van der Waals surface area (Å²) in [5.74, 6) is 0.930. The van der Waals surface area contributed by atoms with Crippen LogP contribution in [0.2, 0.25) is 0 Å². The van der Waals surface area contributed by atoms with Crippen LogP contribution in [0.15, 0.2) is 24.5 Å². The fourth-order valence-corrected chi connectivity index (χ4v) is 2.21. The van der Waals surface area contributed by atoms with E-state index in [2.05, 4.69) is 36.3 Å². The van der Waals surface area contributed by atoms with E-state index in [-0.39, 0.29) is 0 Å². The molecule has 0 aliphatic heterocycles. The van der Waals surface area contributed by atoms with Crippen molar-refractivity contribution in [2.45, 2.75) is 45.2 Å². The van der Waals surface area contributed by atoms with E-state index in [9.17, 15) is 0 Å². The third-order valence-corrected chi connectivity index (χ3v) is 3.25. The summed E-state index contributed by atoms with van der Waals surface area (Å²) >= 11 is 0. The lowest BCUT2D eigenvalue weighted by Gasteiger charge is -2.13. The molecule has 1 fully saturated rings. The molecular weight excluding hydrogens is 184 g/mol. The van der Waals surface area contributed by atoms with Gasteiger partial charge in [-0.2, -0.15) is 0 Å². The normalized spacial score (nSPS) is 26.3. The fraction of sp³-hybridized carbons (Fsp3) is 0.615. The molecule has 2 nitrogen and oxygen atoms in total. The summed E-state index contributed by atoms with van der Waals surface area (Å²) in [6.45, 7) is 4.50. The lowest BCUT2D eigenvalue weighted by molar-refractivity contribution is 0.530. The van der Waals surface area contributed by atoms with Gasteiger partial charge in [-0.25, -0.2) is 0 Å². The van der Waals surface area contributed by atoms with Crippen LogP contribution >= 0.6 is 0 Å². The highest BCUT2D eigenvalue weighted by molar-refractivity contribution is 5.15. The van der Waals surface area contributed by atoms with E-state index in [1.165, 1.54) is 24.8 Å². The topological polar surface area (TPSA) is 24.9 Å². The van der Waals surface area contributed by atoms with Crippen LogP contribution in [0, 0.1) is 5.92 Å². The average molecular weight is 204 g/mol. The van der Waals surface area contributed by atoms with Crippen molar-refractivity contribution < 1.29 is 0 Å². The van der Waals surface area contributed by atoms with Crippen molar-refractivity contribution in [3.63, 3.8) is 0 Å². The van der Waals surface area contributed by atoms with Gasteiger partial charge in [-0.05, 0) is 43.4 Å². The lowest BCUT2D eigenvalue weighted by Crippen LogP contribution is -2.22. The number of hydrogen-bond acceptors (Lipinski definition) is 2. The van der Waals surface area contributed by atoms with Crippen LogP contribution in [0.1, 0.15) is 44.7 Å². The minimum atomic E-state index is 0.458. The Hall–Kier alpha value is -0.890. The molecule has 15 heavy (non-hydrogen) atoms. The number of hydrogen-bond donors (Lipinski definition) is 1. The van der Waals surface area contributed by atoms with Crippen LogP contribution in [0.4, 0.5) is 0 Å². The standard InChI is InChI=1S/C13H20N2/c1-3-4-12-9-13(12)15-10(2)11-5-7-14-8-6-11/h5-8,10,12-13,15H,3-4,9H2,1-2H3. The van der Waals surface area contributed by atoms with E-state index in [1.54, 1.807) is 0 Å². The molecule has 1 N–H and O–H groups in total. The van der Waals surface area contributed by atoms with Crippen molar-refractivity contribution in [2.24, 2.45) is 5.92 Å². The van der Waals surface area contributed by atoms with Gasteiger partial charge in [-0.15, -0.1) is 0 Å². The van der Waals surface area contributed by atoms with Crippen LogP contribution < -0.4 is 5.32 Å². The predicted molar refractivity (Wildman–Crippen MR) is 62.6 cm³/mol. The number of nitrogens with zero attached hydrogens (tertiary/aromatic N) is 1. The quantitative estimate of drug-likeness (QED) is 0.797. The van der Waals surface area contributed by atoms with Gasteiger partial charge in [0.2, 0.25) is 0 Å². The van der Waals surface area contributed by atoms with Gasteiger partial charge in [-0.3, -0.25) is 4.98 Å². The van der Waals surface area contributed by atoms with E-state index in [0.717, 1.165) is 12.0 Å². The van der Waals surface area contributed by atoms with Crippen molar-refractivity contribution in [3.8, 4) is 0 Å². The maximum atomic E-state index is 4.04.